The predicted molar refractivity (Wildman–Crippen MR) is 105 cm³/mol. The molecule has 0 bridgehead atoms. The number of aromatic nitrogens is 3. The zero-order valence-corrected chi connectivity index (χ0v) is 16.4. The molecule has 2 aromatic heterocycles. The van der Waals surface area contributed by atoms with Gasteiger partial charge in [-0.15, -0.1) is 11.8 Å². The molecule has 0 saturated carbocycles. The van der Waals surface area contributed by atoms with Gasteiger partial charge in [-0.05, 0) is 48.7 Å². The van der Waals surface area contributed by atoms with Gasteiger partial charge in [0, 0.05) is 37.4 Å². The Bertz CT molecular complexity index is 979. The summed E-state index contributed by atoms with van der Waals surface area (Å²) in [5, 5.41) is 5.03. The molecular weight excluding hydrogens is 380 g/mol. The van der Waals surface area contributed by atoms with Crippen LogP contribution in [0, 0.1) is 0 Å². The highest BCUT2D eigenvalue weighted by Gasteiger charge is 2.27. The molecule has 0 radical (unpaired) electrons. The van der Waals surface area contributed by atoms with Crippen LogP contribution in [0.2, 0.25) is 0 Å². The molecule has 0 aliphatic carbocycles. The van der Waals surface area contributed by atoms with Crippen LogP contribution in [-0.4, -0.2) is 40.6 Å². The lowest BCUT2D eigenvalue weighted by molar-refractivity contribution is 0.477. The van der Waals surface area contributed by atoms with E-state index in [4.69, 9.17) is 0 Å². The van der Waals surface area contributed by atoms with Crippen LogP contribution >= 0.6 is 11.8 Å². The Morgan fingerprint density at radius 3 is 2.44 bits per heavy atom. The molecule has 3 aromatic rings. The van der Waals surface area contributed by atoms with Crippen LogP contribution in [0.4, 0.5) is 0 Å². The molecule has 3 heterocycles. The van der Waals surface area contributed by atoms with Crippen molar-refractivity contribution in [3.63, 3.8) is 0 Å². The average Bonchev–Trinajstić information content (AvgIpc) is 3.41. The highest BCUT2D eigenvalue weighted by Crippen LogP contribution is 2.25. The van der Waals surface area contributed by atoms with Gasteiger partial charge in [-0.3, -0.25) is 0 Å². The zero-order chi connectivity index (χ0) is 18.7. The number of pyridine rings is 1. The summed E-state index contributed by atoms with van der Waals surface area (Å²) in [5.41, 5.74) is 2.19. The van der Waals surface area contributed by atoms with E-state index in [1.165, 1.54) is 16.1 Å². The second-order valence-electron chi connectivity index (χ2n) is 6.35. The third-order valence-corrected chi connectivity index (χ3v) is 7.40. The third-order valence-electron chi connectivity index (χ3n) is 4.50. The maximum atomic E-state index is 12.5. The molecule has 1 saturated heterocycles. The number of hydrogen-bond donors (Lipinski definition) is 0. The van der Waals surface area contributed by atoms with Crippen molar-refractivity contribution in [2.75, 3.05) is 13.1 Å². The summed E-state index contributed by atoms with van der Waals surface area (Å²) in [6.45, 7) is 1.21. The van der Waals surface area contributed by atoms with Crippen molar-refractivity contribution in [1.29, 1.82) is 0 Å². The molecule has 140 valence electrons. The molecule has 8 heteroatoms. The quantitative estimate of drug-likeness (QED) is 0.594. The lowest BCUT2D eigenvalue weighted by Gasteiger charge is -2.15. The molecule has 27 heavy (non-hydrogen) atoms. The Morgan fingerprint density at radius 1 is 1.04 bits per heavy atom. The molecule has 0 amide bonds. The molecule has 0 unspecified atom stereocenters. The summed E-state index contributed by atoms with van der Waals surface area (Å²) in [6, 6.07) is 13.5. The lowest BCUT2D eigenvalue weighted by atomic mass is 10.2. The summed E-state index contributed by atoms with van der Waals surface area (Å²) >= 11 is 1.59. The van der Waals surface area contributed by atoms with Gasteiger partial charge in [0.2, 0.25) is 10.0 Å². The van der Waals surface area contributed by atoms with Crippen molar-refractivity contribution in [2.24, 2.45) is 0 Å². The minimum absolute atomic E-state index is 0.275. The van der Waals surface area contributed by atoms with E-state index in [1.54, 1.807) is 30.1 Å². The van der Waals surface area contributed by atoms with Gasteiger partial charge >= 0.3 is 0 Å². The highest BCUT2D eigenvalue weighted by atomic mass is 32.2. The molecule has 1 aliphatic rings. The van der Waals surface area contributed by atoms with E-state index in [-0.39, 0.29) is 4.90 Å². The van der Waals surface area contributed by atoms with Crippen LogP contribution < -0.4 is 0 Å². The Balaban J connectivity index is 1.39. The summed E-state index contributed by atoms with van der Waals surface area (Å²) in [6.07, 6.45) is 6.99. The summed E-state index contributed by atoms with van der Waals surface area (Å²) in [5.74, 6) is 0.768. The van der Waals surface area contributed by atoms with Crippen molar-refractivity contribution >= 4 is 21.8 Å². The molecule has 1 fully saturated rings. The van der Waals surface area contributed by atoms with Crippen molar-refractivity contribution in [1.82, 2.24) is 19.1 Å². The topological polar surface area (TPSA) is 68.1 Å². The van der Waals surface area contributed by atoms with Gasteiger partial charge in [0.25, 0.3) is 0 Å². The fraction of sp³-hybridized carbons (Fsp3) is 0.263. The van der Waals surface area contributed by atoms with Crippen LogP contribution in [0.25, 0.3) is 5.69 Å². The average molecular weight is 401 g/mol. The van der Waals surface area contributed by atoms with E-state index in [2.05, 4.69) is 22.2 Å². The molecule has 6 nitrogen and oxygen atoms in total. The number of thioether (sulfide) groups is 1. The minimum atomic E-state index is -3.40. The van der Waals surface area contributed by atoms with Crippen molar-refractivity contribution in [3.05, 3.63) is 66.6 Å². The van der Waals surface area contributed by atoms with Crippen LogP contribution in [0.15, 0.2) is 71.0 Å². The number of rotatable bonds is 6. The Hall–Kier alpha value is -2.16. The first-order valence-electron chi connectivity index (χ1n) is 8.81. The fourth-order valence-corrected chi connectivity index (χ4v) is 5.27. The fourth-order valence-electron chi connectivity index (χ4n) is 3.01. The van der Waals surface area contributed by atoms with Gasteiger partial charge in [-0.25, -0.2) is 18.1 Å². The first-order valence-corrected chi connectivity index (χ1v) is 11.2. The molecule has 1 aliphatic heterocycles. The van der Waals surface area contributed by atoms with E-state index < -0.39 is 10.0 Å². The normalized spacial score (nSPS) is 15.3. The van der Waals surface area contributed by atoms with Gasteiger partial charge in [0.15, 0.2) is 0 Å². The van der Waals surface area contributed by atoms with Crippen LogP contribution in [0.3, 0.4) is 0 Å². The van der Waals surface area contributed by atoms with Crippen LogP contribution in [-0.2, 0) is 15.8 Å². The zero-order valence-electron chi connectivity index (χ0n) is 14.7. The second-order valence-corrected chi connectivity index (χ2v) is 9.28. The van der Waals surface area contributed by atoms with E-state index in [1.807, 2.05) is 29.1 Å². The SMILES string of the molecule is O=S(=O)(c1ccc(SCc2ccc(-n3cccn3)cc2)nc1)N1CCCC1. The number of sulfonamides is 1. The molecule has 4 rings (SSSR count). The minimum Gasteiger partial charge on any atom is -0.249 e. The van der Waals surface area contributed by atoms with E-state index in [0.717, 1.165) is 29.3 Å². The Kier molecular flexibility index (Phi) is 5.29. The van der Waals surface area contributed by atoms with Crippen molar-refractivity contribution < 1.29 is 8.42 Å². The molecule has 0 N–H and O–H groups in total. The summed E-state index contributed by atoms with van der Waals surface area (Å²) in [7, 11) is -3.40. The highest BCUT2D eigenvalue weighted by molar-refractivity contribution is 7.98. The molecule has 0 spiro atoms. The maximum absolute atomic E-state index is 12.5. The third kappa shape index (κ3) is 4.07. The maximum Gasteiger partial charge on any atom is 0.244 e. The van der Waals surface area contributed by atoms with Crippen molar-refractivity contribution in [2.45, 2.75) is 28.5 Å². The van der Waals surface area contributed by atoms with Gasteiger partial charge in [-0.2, -0.15) is 9.40 Å². The largest absolute Gasteiger partial charge is 0.249 e. The van der Waals surface area contributed by atoms with Gasteiger partial charge in [0.05, 0.1) is 10.7 Å². The van der Waals surface area contributed by atoms with Crippen molar-refractivity contribution in [3.8, 4) is 5.69 Å². The Morgan fingerprint density at radius 2 is 1.81 bits per heavy atom. The van der Waals surface area contributed by atoms with Crippen LogP contribution in [0.5, 0.6) is 0 Å². The van der Waals surface area contributed by atoms with Gasteiger partial charge < -0.3 is 0 Å². The number of benzene rings is 1. The van der Waals surface area contributed by atoms with Crippen LogP contribution in [0.1, 0.15) is 18.4 Å². The summed E-state index contributed by atoms with van der Waals surface area (Å²) in [4.78, 5) is 4.61. The predicted octanol–water partition coefficient (Wildman–Crippen LogP) is 3.34. The number of hydrogen-bond acceptors (Lipinski definition) is 5. The first-order chi connectivity index (χ1) is 13.1. The van der Waals surface area contributed by atoms with Gasteiger partial charge in [-0.1, -0.05) is 12.1 Å². The molecule has 0 atom stereocenters. The number of nitrogens with zero attached hydrogens (tertiary/aromatic N) is 4. The second kappa shape index (κ2) is 7.84. The van der Waals surface area contributed by atoms with E-state index in [0.29, 0.717) is 13.1 Å². The molecular formula is C19H20N4O2S2. The smallest absolute Gasteiger partial charge is 0.244 e. The first kappa shape index (κ1) is 18.2. The lowest BCUT2D eigenvalue weighted by Crippen LogP contribution is -2.27. The standard InChI is InChI=1S/C19H20N4O2S2/c24-27(25,22-11-1-2-12-22)18-8-9-19(20-14-18)26-15-16-4-6-17(7-5-16)23-13-3-10-21-23/h3-10,13-14H,1-2,11-12,15H2. The summed E-state index contributed by atoms with van der Waals surface area (Å²) < 4.78 is 28.4. The van der Waals surface area contributed by atoms with E-state index >= 15 is 0 Å². The van der Waals surface area contributed by atoms with E-state index in [9.17, 15) is 8.42 Å². The monoisotopic (exact) mass is 400 g/mol. The molecule has 1 aromatic carbocycles. The Labute approximate surface area is 163 Å². The van der Waals surface area contributed by atoms with Gasteiger partial charge in [0.1, 0.15) is 4.90 Å².